The van der Waals surface area contributed by atoms with E-state index in [0.717, 1.165) is 44.7 Å². The van der Waals surface area contributed by atoms with E-state index in [1.807, 2.05) is 18.2 Å². The first-order valence-electron chi connectivity index (χ1n) is 13.1. The van der Waals surface area contributed by atoms with Gasteiger partial charge in [0.2, 0.25) is 0 Å². The lowest BCUT2D eigenvalue weighted by atomic mass is 10.1. The number of carbonyl (C=O) groups excluding carboxylic acids is 2. The van der Waals surface area contributed by atoms with E-state index in [9.17, 15) is 22.8 Å². The van der Waals surface area contributed by atoms with E-state index in [1.165, 1.54) is 36.6 Å². The van der Waals surface area contributed by atoms with Gasteiger partial charge in [-0.1, -0.05) is 0 Å². The van der Waals surface area contributed by atoms with Crippen molar-refractivity contribution in [1.82, 2.24) is 15.3 Å². The Morgan fingerprint density at radius 1 is 1.02 bits per heavy atom. The molecule has 15 heteroatoms. The van der Waals surface area contributed by atoms with E-state index < -0.39 is 12.1 Å². The molecule has 0 aliphatic carbocycles. The van der Waals surface area contributed by atoms with Crippen LogP contribution in [0, 0.1) is 0 Å². The standard InChI is InChI=1S/C25H28N6O3S.C2HF3O2/c32-23(30-25-28-11-14-35-25)19-7-10-27-16-21(19)29-24(33)20-4-3-17(31-12-1-2-13-31)15-22(20)34-18-5-8-26-9-6-18;3-2(4,5)1(6)7/h3-4,7,10-11,14-16,18,26H,1-2,5-6,8-9,12-13H2,(H,29,33)(H,28,30,32);(H,6,7). The fourth-order valence-corrected chi connectivity index (χ4v) is 4.92. The smallest absolute Gasteiger partial charge is 0.489 e. The Morgan fingerprint density at radius 2 is 1.71 bits per heavy atom. The van der Waals surface area contributed by atoms with E-state index in [2.05, 4.69) is 30.8 Å². The lowest BCUT2D eigenvalue weighted by Crippen LogP contribution is -2.34. The third-order valence-electron chi connectivity index (χ3n) is 6.47. The maximum Gasteiger partial charge on any atom is 0.490 e. The second-order valence-electron chi connectivity index (χ2n) is 9.41. The lowest BCUT2D eigenvalue weighted by molar-refractivity contribution is -0.192. The van der Waals surface area contributed by atoms with Crippen molar-refractivity contribution in [1.29, 1.82) is 0 Å². The zero-order valence-corrected chi connectivity index (χ0v) is 23.1. The molecule has 0 bridgehead atoms. The van der Waals surface area contributed by atoms with Crippen LogP contribution in [0.4, 0.5) is 29.7 Å². The number of nitrogens with one attached hydrogen (secondary N) is 3. The molecule has 2 aromatic heterocycles. The fraction of sp³-hybridized carbons (Fsp3) is 0.370. The van der Waals surface area contributed by atoms with E-state index in [0.29, 0.717) is 27.7 Å². The highest BCUT2D eigenvalue weighted by molar-refractivity contribution is 7.13. The number of thiazole rings is 1. The zero-order valence-electron chi connectivity index (χ0n) is 22.3. The van der Waals surface area contributed by atoms with Crippen molar-refractivity contribution < 1.29 is 37.4 Å². The van der Waals surface area contributed by atoms with Crippen LogP contribution in [0.15, 0.2) is 48.2 Å². The van der Waals surface area contributed by atoms with Crippen molar-refractivity contribution >= 4 is 45.6 Å². The number of carboxylic acid groups (broad SMARTS) is 1. The number of nitrogens with zero attached hydrogens (tertiary/aromatic N) is 3. The summed E-state index contributed by atoms with van der Waals surface area (Å²) >= 11 is 1.32. The van der Waals surface area contributed by atoms with Crippen LogP contribution in [0.2, 0.25) is 0 Å². The minimum Gasteiger partial charge on any atom is -0.489 e. The number of aromatic nitrogens is 2. The molecule has 1 aromatic carbocycles. The third-order valence-corrected chi connectivity index (χ3v) is 7.16. The number of anilines is 3. The normalized spacial score (nSPS) is 15.4. The number of alkyl halides is 3. The molecule has 0 radical (unpaired) electrons. The molecule has 5 rings (SSSR count). The molecule has 42 heavy (non-hydrogen) atoms. The predicted molar refractivity (Wildman–Crippen MR) is 150 cm³/mol. The van der Waals surface area contributed by atoms with Gasteiger partial charge in [0.05, 0.1) is 23.0 Å². The summed E-state index contributed by atoms with van der Waals surface area (Å²) in [7, 11) is 0. The highest BCUT2D eigenvalue weighted by Crippen LogP contribution is 2.31. The quantitative estimate of drug-likeness (QED) is 0.307. The number of hydrogen-bond donors (Lipinski definition) is 4. The first kappa shape index (κ1) is 30.7. The highest BCUT2D eigenvalue weighted by Gasteiger charge is 2.38. The molecule has 0 unspecified atom stereocenters. The summed E-state index contributed by atoms with van der Waals surface area (Å²) in [6.07, 6.45) is 3.68. The molecule has 0 spiro atoms. The number of amides is 2. The number of piperidine rings is 1. The summed E-state index contributed by atoms with van der Waals surface area (Å²) in [5.74, 6) is -2.91. The SMILES string of the molecule is O=C(Nc1nccs1)c1ccncc1NC(=O)c1ccc(N2CCCC2)cc1OC1CCNCC1.O=C(O)C(F)(F)F. The monoisotopic (exact) mass is 606 g/mol. The van der Waals surface area contributed by atoms with Crippen LogP contribution in [-0.2, 0) is 4.79 Å². The van der Waals surface area contributed by atoms with E-state index >= 15 is 0 Å². The average Bonchev–Trinajstić information content (AvgIpc) is 3.69. The molecule has 2 aliphatic rings. The minimum absolute atomic E-state index is 0.0506. The first-order valence-corrected chi connectivity index (χ1v) is 14.0. The molecule has 4 heterocycles. The Bertz CT molecular complexity index is 1380. The van der Waals surface area contributed by atoms with Gasteiger partial charge in [0.1, 0.15) is 11.9 Å². The number of halogens is 3. The van der Waals surface area contributed by atoms with Gasteiger partial charge in [0.25, 0.3) is 11.8 Å². The molecule has 2 fully saturated rings. The van der Waals surface area contributed by atoms with Crippen LogP contribution >= 0.6 is 11.3 Å². The Kier molecular flexibility index (Phi) is 10.3. The van der Waals surface area contributed by atoms with Gasteiger partial charge in [0, 0.05) is 42.6 Å². The Labute approximate surface area is 243 Å². The van der Waals surface area contributed by atoms with Gasteiger partial charge >= 0.3 is 12.1 Å². The largest absolute Gasteiger partial charge is 0.490 e. The van der Waals surface area contributed by atoms with Gasteiger partial charge in [-0.25, -0.2) is 9.78 Å². The highest BCUT2D eigenvalue weighted by atomic mass is 32.1. The van der Waals surface area contributed by atoms with Crippen molar-refractivity contribution in [3.05, 3.63) is 59.4 Å². The molecule has 4 N–H and O–H groups in total. The number of aliphatic carboxylic acids is 1. The van der Waals surface area contributed by atoms with E-state index in [-0.39, 0.29) is 17.9 Å². The van der Waals surface area contributed by atoms with Crippen LogP contribution < -0.4 is 25.6 Å². The van der Waals surface area contributed by atoms with Crippen molar-refractivity contribution in [2.24, 2.45) is 0 Å². The van der Waals surface area contributed by atoms with E-state index in [4.69, 9.17) is 14.6 Å². The second kappa shape index (κ2) is 14.1. The minimum atomic E-state index is -5.08. The van der Waals surface area contributed by atoms with E-state index in [1.54, 1.807) is 17.6 Å². The average molecular weight is 607 g/mol. The molecule has 224 valence electrons. The number of benzene rings is 1. The van der Waals surface area contributed by atoms with Gasteiger partial charge in [-0.05, 0) is 57.0 Å². The van der Waals surface area contributed by atoms with Crippen molar-refractivity contribution in [3.8, 4) is 5.75 Å². The van der Waals surface area contributed by atoms with Crippen LogP contribution in [0.1, 0.15) is 46.4 Å². The predicted octanol–water partition coefficient (Wildman–Crippen LogP) is 4.41. The summed E-state index contributed by atoms with van der Waals surface area (Å²) in [6.45, 7) is 3.80. The molecule has 0 saturated carbocycles. The van der Waals surface area contributed by atoms with Crippen molar-refractivity contribution in [3.63, 3.8) is 0 Å². The number of carbonyl (C=O) groups is 3. The topological polar surface area (TPSA) is 146 Å². The fourth-order valence-electron chi connectivity index (χ4n) is 4.39. The number of hydrogen-bond acceptors (Lipinski definition) is 9. The van der Waals surface area contributed by atoms with Crippen LogP contribution in [0.3, 0.4) is 0 Å². The van der Waals surface area contributed by atoms with Gasteiger partial charge in [-0.2, -0.15) is 13.2 Å². The molecule has 2 amide bonds. The van der Waals surface area contributed by atoms with Gasteiger partial charge in [-0.15, -0.1) is 11.3 Å². The third kappa shape index (κ3) is 8.39. The number of rotatable bonds is 7. The summed E-state index contributed by atoms with van der Waals surface area (Å²) < 4.78 is 38.1. The number of ether oxygens (including phenoxy) is 1. The van der Waals surface area contributed by atoms with Crippen LogP contribution in [-0.4, -0.2) is 71.3 Å². The number of carboxylic acids is 1. The maximum atomic E-state index is 13.4. The van der Waals surface area contributed by atoms with Crippen LogP contribution in [0.25, 0.3) is 0 Å². The summed E-state index contributed by atoms with van der Waals surface area (Å²) in [5.41, 5.74) is 2.12. The molecule has 11 nitrogen and oxygen atoms in total. The Hall–Kier alpha value is -4.24. The Morgan fingerprint density at radius 3 is 2.36 bits per heavy atom. The summed E-state index contributed by atoms with van der Waals surface area (Å²) in [4.78, 5) is 45.6. The summed E-state index contributed by atoms with van der Waals surface area (Å²) in [6, 6.07) is 7.32. The second-order valence-corrected chi connectivity index (χ2v) is 10.3. The Balaban J connectivity index is 0.000000517. The van der Waals surface area contributed by atoms with Crippen molar-refractivity contribution in [2.75, 3.05) is 41.7 Å². The molecule has 0 atom stereocenters. The molecule has 3 aromatic rings. The molecular formula is C27H29F3N6O5S. The molecule has 2 aliphatic heterocycles. The van der Waals surface area contributed by atoms with Gasteiger partial charge in [0.15, 0.2) is 5.13 Å². The lowest BCUT2D eigenvalue weighted by Gasteiger charge is -2.26. The zero-order chi connectivity index (χ0) is 30.1. The maximum absolute atomic E-state index is 13.4. The van der Waals surface area contributed by atoms with Crippen molar-refractivity contribution in [2.45, 2.75) is 38.0 Å². The summed E-state index contributed by atoms with van der Waals surface area (Å²) in [5, 5.41) is 18.3. The van der Waals surface area contributed by atoms with Gasteiger partial charge in [-0.3, -0.25) is 19.9 Å². The first-order chi connectivity index (χ1) is 20.1. The molecule has 2 saturated heterocycles. The number of pyridine rings is 1. The molecular weight excluding hydrogens is 577 g/mol. The van der Waals surface area contributed by atoms with Crippen LogP contribution in [0.5, 0.6) is 5.75 Å². The van der Waals surface area contributed by atoms with Gasteiger partial charge < -0.3 is 25.4 Å².